The van der Waals surface area contributed by atoms with Crippen molar-refractivity contribution in [3.05, 3.63) is 64.7 Å². The standard InChI is InChI=1S/C21H27ClN4O2.HI/c1-15(18-7-5-6-8-19(18)22)25-21(24-14-20(27)26(2)3)23-13-16-9-11-17(28-4)12-10-16;/h5-12,15H,13-14H2,1-4H3,(H2,23,24,25);1H. The molecule has 2 aromatic rings. The number of hydrogen-bond acceptors (Lipinski definition) is 3. The van der Waals surface area contributed by atoms with E-state index >= 15 is 0 Å². The summed E-state index contributed by atoms with van der Waals surface area (Å²) in [5, 5.41) is 7.10. The third-order valence-corrected chi connectivity index (χ3v) is 4.55. The number of aliphatic imine (C=N–C) groups is 1. The van der Waals surface area contributed by atoms with Gasteiger partial charge in [0.1, 0.15) is 5.75 Å². The third-order valence-electron chi connectivity index (χ3n) is 4.21. The topological polar surface area (TPSA) is 66.0 Å². The molecule has 0 saturated heterocycles. The molecular formula is C21H28ClIN4O2. The van der Waals surface area contributed by atoms with Gasteiger partial charge in [0.25, 0.3) is 0 Å². The molecule has 6 nitrogen and oxygen atoms in total. The van der Waals surface area contributed by atoms with Crippen LogP contribution in [0.5, 0.6) is 5.75 Å². The van der Waals surface area contributed by atoms with Gasteiger partial charge in [-0.25, -0.2) is 4.99 Å². The summed E-state index contributed by atoms with van der Waals surface area (Å²) < 4.78 is 5.18. The second-order valence-corrected chi connectivity index (χ2v) is 6.95. The Hall–Kier alpha value is -2.00. The van der Waals surface area contributed by atoms with E-state index < -0.39 is 0 Å². The minimum absolute atomic E-state index is 0. The van der Waals surface area contributed by atoms with E-state index in [1.807, 2.05) is 55.5 Å². The van der Waals surface area contributed by atoms with E-state index in [9.17, 15) is 4.79 Å². The summed E-state index contributed by atoms with van der Waals surface area (Å²) in [6.07, 6.45) is 0. The summed E-state index contributed by atoms with van der Waals surface area (Å²) in [5.74, 6) is 1.30. The first-order chi connectivity index (χ1) is 13.4. The maximum absolute atomic E-state index is 11.9. The van der Waals surface area contributed by atoms with Crippen LogP contribution in [0.2, 0.25) is 5.02 Å². The molecule has 8 heteroatoms. The number of carbonyl (C=O) groups is 1. The average molecular weight is 531 g/mol. The molecule has 0 bridgehead atoms. The predicted octanol–water partition coefficient (Wildman–Crippen LogP) is 3.85. The van der Waals surface area contributed by atoms with Gasteiger partial charge in [-0.3, -0.25) is 4.79 Å². The van der Waals surface area contributed by atoms with Crippen LogP contribution < -0.4 is 15.4 Å². The fourth-order valence-electron chi connectivity index (χ4n) is 2.48. The van der Waals surface area contributed by atoms with E-state index in [-0.39, 0.29) is 42.5 Å². The molecule has 0 radical (unpaired) electrons. The van der Waals surface area contributed by atoms with Crippen molar-refractivity contribution in [2.24, 2.45) is 4.99 Å². The molecule has 0 aromatic heterocycles. The summed E-state index contributed by atoms with van der Waals surface area (Å²) in [5.41, 5.74) is 1.99. The fraction of sp³-hybridized carbons (Fsp3) is 0.333. The highest BCUT2D eigenvalue weighted by atomic mass is 127. The van der Waals surface area contributed by atoms with Crippen molar-refractivity contribution in [2.45, 2.75) is 19.5 Å². The first kappa shape index (κ1) is 25.0. The smallest absolute Gasteiger partial charge is 0.241 e. The van der Waals surface area contributed by atoms with Crippen molar-refractivity contribution in [1.29, 1.82) is 0 Å². The molecule has 1 amide bonds. The van der Waals surface area contributed by atoms with Gasteiger partial charge in [-0.2, -0.15) is 0 Å². The first-order valence-corrected chi connectivity index (χ1v) is 9.41. The first-order valence-electron chi connectivity index (χ1n) is 9.03. The number of carbonyl (C=O) groups excluding carboxylic acids is 1. The molecule has 1 atom stereocenters. The van der Waals surface area contributed by atoms with Crippen molar-refractivity contribution >= 4 is 47.4 Å². The number of hydrogen-bond donors (Lipinski definition) is 2. The van der Waals surface area contributed by atoms with E-state index in [1.54, 1.807) is 21.2 Å². The third kappa shape index (κ3) is 8.10. The quantitative estimate of drug-likeness (QED) is 0.324. The van der Waals surface area contributed by atoms with Crippen molar-refractivity contribution in [3.8, 4) is 5.75 Å². The lowest BCUT2D eigenvalue weighted by molar-refractivity contribution is -0.127. The van der Waals surface area contributed by atoms with Crippen LogP contribution in [0.4, 0.5) is 0 Å². The molecule has 2 N–H and O–H groups in total. The molecule has 0 heterocycles. The highest BCUT2D eigenvalue weighted by Crippen LogP contribution is 2.22. The van der Waals surface area contributed by atoms with Crippen LogP contribution in [0.3, 0.4) is 0 Å². The van der Waals surface area contributed by atoms with Crippen molar-refractivity contribution < 1.29 is 9.53 Å². The molecule has 1 unspecified atom stereocenters. The van der Waals surface area contributed by atoms with E-state index in [4.69, 9.17) is 16.3 Å². The SMILES string of the molecule is COc1ccc(CN=C(NCC(=O)N(C)C)NC(C)c2ccccc2Cl)cc1.I. The number of methoxy groups -OCH3 is 1. The molecule has 0 fully saturated rings. The number of nitrogens with one attached hydrogen (secondary N) is 2. The van der Waals surface area contributed by atoms with Crippen molar-refractivity contribution in [3.63, 3.8) is 0 Å². The molecular weight excluding hydrogens is 503 g/mol. The van der Waals surface area contributed by atoms with E-state index in [0.717, 1.165) is 16.9 Å². The predicted molar refractivity (Wildman–Crippen MR) is 129 cm³/mol. The molecule has 2 aromatic carbocycles. The Labute approximate surface area is 194 Å². The lowest BCUT2D eigenvalue weighted by Gasteiger charge is -2.20. The highest BCUT2D eigenvalue weighted by molar-refractivity contribution is 14.0. The average Bonchev–Trinajstić information content (AvgIpc) is 2.70. The van der Waals surface area contributed by atoms with E-state index in [1.165, 1.54) is 4.90 Å². The summed E-state index contributed by atoms with van der Waals surface area (Å²) in [6, 6.07) is 15.3. The zero-order valence-corrected chi connectivity index (χ0v) is 20.2. The van der Waals surface area contributed by atoms with Crippen LogP contribution in [0.1, 0.15) is 24.1 Å². The number of nitrogens with zero attached hydrogens (tertiary/aromatic N) is 2. The van der Waals surface area contributed by atoms with Crippen LogP contribution in [0.25, 0.3) is 0 Å². The van der Waals surface area contributed by atoms with Crippen molar-refractivity contribution in [2.75, 3.05) is 27.7 Å². The van der Waals surface area contributed by atoms with Gasteiger partial charge in [-0.1, -0.05) is 41.9 Å². The molecule has 2 rings (SSSR count). The molecule has 158 valence electrons. The minimum atomic E-state index is -0.0784. The monoisotopic (exact) mass is 530 g/mol. The van der Waals surface area contributed by atoms with Crippen molar-refractivity contribution in [1.82, 2.24) is 15.5 Å². The van der Waals surface area contributed by atoms with Gasteiger partial charge in [0.2, 0.25) is 5.91 Å². The lowest BCUT2D eigenvalue weighted by Crippen LogP contribution is -2.43. The Kier molecular flexibility index (Phi) is 10.8. The zero-order valence-electron chi connectivity index (χ0n) is 17.1. The van der Waals surface area contributed by atoms with Gasteiger partial charge in [0.05, 0.1) is 26.2 Å². The normalized spacial score (nSPS) is 11.8. The zero-order chi connectivity index (χ0) is 20.5. The Morgan fingerprint density at radius 2 is 1.83 bits per heavy atom. The summed E-state index contributed by atoms with van der Waals surface area (Å²) >= 11 is 6.30. The molecule has 0 aliphatic heterocycles. The molecule has 0 aliphatic carbocycles. The van der Waals surface area contributed by atoms with Crippen LogP contribution in [0.15, 0.2) is 53.5 Å². The van der Waals surface area contributed by atoms with Gasteiger partial charge in [0.15, 0.2) is 5.96 Å². The van der Waals surface area contributed by atoms with Crippen LogP contribution in [-0.4, -0.2) is 44.5 Å². The minimum Gasteiger partial charge on any atom is -0.497 e. The highest BCUT2D eigenvalue weighted by Gasteiger charge is 2.12. The maximum Gasteiger partial charge on any atom is 0.241 e. The maximum atomic E-state index is 11.9. The molecule has 0 aliphatic rings. The van der Waals surface area contributed by atoms with Crippen LogP contribution in [-0.2, 0) is 11.3 Å². The number of ether oxygens (including phenoxy) is 1. The van der Waals surface area contributed by atoms with Gasteiger partial charge >= 0.3 is 0 Å². The van der Waals surface area contributed by atoms with Gasteiger partial charge in [0, 0.05) is 19.1 Å². The molecule has 0 spiro atoms. The number of likely N-dealkylation sites (N-methyl/N-ethyl adjacent to an activating group) is 1. The fourth-order valence-corrected chi connectivity index (χ4v) is 2.78. The lowest BCUT2D eigenvalue weighted by atomic mass is 10.1. The van der Waals surface area contributed by atoms with Crippen LogP contribution in [0, 0.1) is 0 Å². The Bertz CT molecular complexity index is 813. The second kappa shape index (κ2) is 12.5. The number of guanidine groups is 1. The Morgan fingerprint density at radius 1 is 1.17 bits per heavy atom. The summed E-state index contributed by atoms with van der Waals surface area (Å²) in [6.45, 7) is 2.61. The van der Waals surface area contributed by atoms with Gasteiger partial charge in [-0.05, 0) is 36.2 Å². The number of benzene rings is 2. The van der Waals surface area contributed by atoms with E-state index in [2.05, 4.69) is 15.6 Å². The molecule has 0 saturated carbocycles. The number of rotatable bonds is 7. The van der Waals surface area contributed by atoms with Crippen LogP contribution >= 0.6 is 35.6 Å². The summed E-state index contributed by atoms with van der Waals surface area (Å²) in [4.78, 5) is 18.1. The largest absolute Gasteiger partial charge is 0.497 e. The second-order valence-electron chi connectivity index (χ2n) is 6.54. The Morgan fingerprint density at radius 3 is 2.41 bits per heavy atom. The summed E-state index contributed by atoms with van der Waals surface area (Å²) in [7, 11) is 5.08. The van der Waals surface area contributed by atoms with Gasteiger partial charge < -0.3 is 20.3 Å². The number of halogens is 2. The van der Waals surface area contributed by atoms with E-state index in [0.29, 0.717) is 17.5 Å². The Balaban J connectivity index is 0.00000420. The molecule has 29 heavy (non-hydrogen) atoms. The van der Waals surface area contributed by atoms with Gasteiger partial charge in [-0.15, -0.1) is 24.0 Å². The number of amides is 1.